The summed E-state index contributed by atoms with van der Waals surface area (Å²) in [4.78, 5) is 16.3. The molecule has 1 heterocycles. The van der Waals surface area contributed by atoms with E-state index in [2.05, 4.69) is 24.2 Å². The van der Waals surface area contributed by atoms with E-state index in [-0.39, 0.29) is 5.91 Å². The van der Waals surface area contributed by atoms with Gasteiger partial charge >= 0.3 is 0 Å². The first-order valence-electron chi connectivity index (χ1n) is 6.81. The van der Waals surface area contributed by atoms with Crippen LogP contribution in [0.1, 0.15) is 32.3 Å². The van der Waals surface area contributed by atoms with Gasteiger partial charge in [0.05, 0.1) is 6.54 Å². The van der Waals surface area contributed by atoms with E-state index in [0.717, 1.165) is 23.6 Å². The number of amidine groups is 1. The van der Waals surface area contributed by atoms with E-state index in [1.807, 2.05) is 24.3 Å². The number of thioether (sulfide) groups is 1. The maximum atomic E-state index is 12.1. The summed E-state index contributed by atoms with van der Waals surface area (Å²) in [5.41, 5.74) is 1.11. The summed E-state index contributed by atoms with van der Waals surface area (Å²) in [5.74, 6) is 1.90. The van der Waals surface area contributed by atoms with E-state index in [1.165, 1.54) is 0 Å². The van der Waals surface area contributed by atoms with E-state index >= 15 is 0 Å². The van der Waals surface area contributed by atoms with Crippen LogP contribution in [0.25, 0.3) is 0 Å². The van der Waals surface area contributed by atoms with Gasteiger partial charge in [-0.15, -0.1) is 0 Å². The van der Waals surface area contributed by atoms with Crippen molar-refractivity contribution in [1.82, 2.24) is 5.32 Å². The van der Waals surface area contributed by atoms with Crippen molar-refractivity contribution < 1.29 is 9.53 Å². The summed E-state index contributed by atoms with van der Waals surface area (Å²) in [6.07, 6.45) is -0.543. The standard InChI is InChI=1S/C15H20N2O2S/c1-10(2)12-6-4-5-7-13(12)19-11(3)14(18)17-15-16-8-9-20-15/h4-7,10-11H,8-9H2,1-3H3,(H,16,17,18). The molecule has 0 saturated heterocycles. The van der Waals surface area contributed by atoms with Gasteiger partial charge in [0.2, 0.25) is 0 Å². The molecular formula is C15H20N2O2S. The molecule has 1 aromatic rings. The highest BCUT2D eigenvalue weighted by molar-refractivity contribution is 8.14. The Bertz CT molecular complexity index is 514. The van der Waals surface area contributed by atoms with Crippen LogP contribution in [0.5, 0.6) is 5.75 Å². The molecule has 0 spiro atoms. The lowest BCUT2D eigenvalue weighted by Crippen LogP contribution is -2.38. The van der Waals surface area contributed by atoms with Gasteiger partial charge in [-0.1, -0.05) is 43.8 Å². The maximum absolute atomic E-state index is 12.1. The fourth-order valence-corrected chi connectivity index (χ4v) is 2.66. The van der Waals surface area contributed by atoms with Gasteiger partial charge in [0.15, 0.2) is 11.3 Å². The predicted octanol–water partition coefficient (Wildman–Crippen LogP) is 2.80. The van der Waals surface area contributed by atoms with Crippen LogP contribution in [-0.4, -0.2) is 29.5 Å². The molecule has 0 saturated carbocycles. The van der Waals surface area contributed by atoms with Crippen LogP contribution >= 0.6 is 11.8 Å². The lowest BCUT2D eigenvalue weighted by Gasteiger charge is -2.18. The van der Waals surface area contributed by atoms with Gasteiger partial charge < -0.3 is 10.1 Å². The second kappa shape index (κ2) is 6.79. The van der Waals surface area contributed by atoms with Gasteiger partial charge in [-0.2, -0.15) is 0 Å². The average Bonchev–Trinajstić information content (AvgIpc) is 2.91. The SMILES string of the molecule is CC(Oc1ccccc1C(C)C)C(=O)NC1=NCCS1. The van der Waals surface area contributed by atoms with Gasteiger partial charge in [-0.3, -0.25) is 9.79 Å². The molecule has 1 N–H and O–H groups in total. The number of carbonyl (C=O) groups is 1. The van der Waals surface area contributed by atoms with Crippen LogP contribution in [0.3, 0.4) is 0 Å². The van der Waals surface area contributed by atoms with Crippen LogP contribution in [0.2, 0.25) is 0 Å². The van der Waals surface area contributed by atoms with Crippen molar-refractivity contribution in [3.05, 3.63) is 29.8 Å². The largest absolute Gasteiger partial charge is 0.481 e. The molecule has 1 atom stereocenters. The van der Waals surface area contributed by atoms with Crippen LogP contribution in [0.15, 0.2) is 29.3 Å². The highest BCUT2D eigenvalue weighted by Crippen LogP contribution is 2.26. The average molecular weight is 292 g/mol. The zero-order valence-corrected chi connectivity index (χ0v) is 12.9. The Balaban J connectivity index is 2.00. The van der Waals surface area contributed by atoms with E-state index in [1.54, 1.807) is 18.7 Å². The van der Waals surface area contributed by atoms with Crippen molar-refractivity contribution in [2.75, 3.05) is 12.3 Å². The summed E-state index contributed by atoms with van der Waals surface area (Å²) in [6, 6.07) is 7.84. The molecular weight excluding hydrogens is 272 g/mol. The Hall–Kier alpha value is -1.49. The normalized spacial score (nSPS) is 15.9. The first kappa shape index (κ1) is 14.9. The zero-order valence-electron chi connectivity index (χ0n) is 12.1. The molecule has 0 aromatic heterocycles. The number of nitrogens with one attached hydrogen (secondary N) is 1. The summed E-state index contributed by atoms with van der Waals surface area (Å²) in [6.45, 7) is 6.74. The first-order valence-corrected chi connectivity index (χ1v) is 7.80. The van der Waals surface area contributed by atoms with Crippen LogP contribution < -0.4 is 10.1 Å². The Morgan fingerprint density at radius 2 is 2.10 bits per heavy atom. The summed E-state index contributed by atoms with van der Waals surface area (Å²) < 4.78 is 5.80. The summed E-state index contributed by atoms with van der Waals surface area (Å²) in [7, 11) is 0. The minimum atomic E-state index is -0.543. The molecule has 1 amide bonds. The fraction of sp³-hybridized carbons (Fsp3) is 0.467. The summed E-state index contributed by atoms with van der Waals surface area (Å²) in [5, 5.41) is 3.49. The van der Waals surface area contributed by atoms with Gasteiger partial charge in [-0.05, 0) is 24.5 Å². The molecule has 0 fully saturated rings. The Kier molecular flexibility index (Phi) is 5.06. The van der Waals surface area contributed by atoms with Gasteiger partial charge in [0.1, 0.15) is 5.75 Å². The third-order valence-electron chi connectivity index (χ3n) is 3.03. The second-order valence-electron chi connectivity index (χ2n) is 4.98. The van der Waals surface area contributed by atoms with Crippen LogP contribution in [-0.2, 0) is 4.79 Å². The number of hydrogen-bond acceptors (Lipinski definition) is 4. The van der Waals surface area contributed by atoms with Gasteiger partial charge in [-0.25, -0.2) is 0 Å². The Labute approximate surface area is 124 Å². The molecule has 1 aliphatic heterocycles. The molecule has 108 valence electrons. The number of nitrogens with zero attached hydrogens (tertiary/aromatic N) is 1. The molecule has 5 heteroatoms. The molecule has 0 radical (unpaired) electrons. The first-order chi connectivity index (χ1) is 9.58. The van der Waals surface area contributed by atoms with Crippen LogP contribution in [0, 0.1) is 0 Å². The number of ether oxygens (including phenoxy) is 1. The van der Waals surface area contributed by atoms with Gasteiger partial charge in [0.25, 0.3) is 5.91 Å². The topological polar surface area (TPSA) is 50.7 Å². The van der Waals surface area contributed by atoms with Gasteiger partial charge in [0, 0.05) is 5.75 Å². The molecule has 4 nitrogen and oxygen atoms in total. The quantitative estimate of drug-likeness (QED) is 0.928. The van der Waals surface area contributed by atoms with E-state index < -0.39 is 6.10 Å². The number of aliphatic imine (C=N–C) groups is 1. The molecule has 0 bridgehead atoms. The lowest BCUT2D eigenvalue weighted by molar-refractivity contribution is -0.125. The monoisotopic (exact) mass is 292 g/mol. The van der Waals surface area contributed by atoms with Crippen molar-refractivity contribution >= 4 is 22.8 Å². The molecule has 0 aliphatic carbocycles. The highest BCUT2D eigenvalue weighted by Gasteiger charge is 2.19. The third-order valence-corrected chi connectivity index (χ3v) is 3.92. The van der Waals surface area contributed by atoms with Crippen molar-refractivity contribution in [1.29, 1.82) is 0 Å². The number of para-hydroxylation sites is 1. The number of carbonyl (C=O) groups excluding carboxylic acids is 1. The molecule has 20 heavy (non-hydrogen) atoms. The van der Waals surface area contributed by atoms with E-state index in [9.17, 15) is 4.79 Å². The molecule has 1 unspecified atom stereocenters. The van der Waals surface area contributed by atoms with Crippen molar-refractivity contribution in [3.63, 3.8) is 0 Å². The molecule has 1 aliphatic rings. The Morgan fingerprint density at radius 1 is 1.35 bits per heavy atom. The predicted molar refractivity (Wildman–Crippen MR) is 83.5 cm³/mol. The number of amides is 1. The maximum Gasteiger partial charge on any atom is 0.266 e. The summed E-state index contributed by atoms with van der Waals surface area (Å²) >= 11 is 1.56. The van der Waals surface area contributed by atoms with E-state index in [4.69, 9.17) is 4.74 Å². The Morgan fingerprint density at radius 3 is 2.75 bits per heavy atom. The highest BCUT2D eigenvalue weighted by atomic mass is 32.2. The zero-order chi connectivity index (χ0) is 14.5. The third kappa shape index (κ3) is 3.76. The van der Waals surface area contributed by atoms with E-state index in [0.29, 0.717) is 11.1 Å². The minimum absolute atomic E-state index is 0.156. The number of rotatable bonds is 4. The number of hydrogen-bond donors (Lipinski definition) is 1. The van der Waals surface area contributed by atoms with Crippen molar-refractivity contribution in [3.8, 4) is 5.75 Å². The fourth-order valence-electron chi connectivity index (χ4n) is 1.93. The second-order valence-corrected chi connectivity index (χ2v) is 6.06. The lowest BCUT2D eigenvalue weighted by atomic mass is 10.0. The van der Waals surface area contributed by atoms with Crippen molar-refractivity contribution in [2.24, 2.45) is 4.99 Å². The minimum Gasteiger partial charge on any atom is -0.481 e. The smallest absolute Gasteiger partial charge is 0.266 e. The molecule has 2 rings (SSSR count). The molecule has 1 aromatic carbocycles. The van der Waals surface area contributed by atoms with Crippen LogP contribution in [0.4, 0.5) is 0 Å². The van der Waals surface area contributed by atoms with Crippen molar-refractivity contribution in [2.45, 2.75) is 32.8 Å². The number of benzene rings is 1.